The van der Waals surface area contributed by atoms with Crippen LogP contribution >= 0.6 is 0 Å². The van der Waals surface area contributed by atoms with Crippen molar-refractivity contribution in [2.24, 2.45) is 0 Å². The maximum Gasteiger partial charge on any atom is 0.212 e. The van der Waals surface area contributed by atoms with Gasteiger partial charge in [-0.15, -0.1) is 0 Å². The van der Waals surface area contributed by atoms with E-state index in [0.717, 1.165) is 16.8 Å². The molecule has 0 unspecified atom stereocenters. The molecule has 0 aliphatic carbocycles. The van der Waals surface area contributed by atoms with Gasteiger partial charge < -0.3 is 9.72 Å². The fraction of sp³-hybridized carbons (Fsp3) is 0.267. The molecule has 1 aromatic heterocycles. The summed E-state index contributed by atoms with van der Waals surface area (Å²) in [6.45, 7) is 5.68. The van der Waals surface area contributed by atoms with E-state index in [0.29, 0.717) is 11.4 Å². The lowest BCUT2D eigenvalue weighted by Gasteiger charge is -2.05. The minimum atomic E-state index is -0.575. The fourth-order valence-corrected chi connectivity index (χ4v) is 2.01. The van der Waals surface area contributed by atoms with Crippen molar-refractivity contribution in [3.63, 3.8) is 0 Å². The van der Waals surface area contributed by atoms with Crippen molar-refractivity contribution in [1.29, 1.82) is 0 Å². The molecule has 2 aromatic rings. The maximum absolute atomic E-state index is 13.9. The number of carbonyl (C=O) groups excluding carboxylic acids is 1. The number of ketones is 1. The topological polar surface area (TPSA) is 42.1 Å². The van der Waals surface area contributed by atoms with Crippen LogP contribution in [0, 0.1) is 26.6 Å². The fourth-order valence-electron chi connectivity index (χ4n) is 2.01. The van der Waals surface area contributed by atoms with Crippen molar-refractivity contribution in [1.82, 2.24) is 4.98 Å². The van der Waals surface area contributed by atoms with Gasteiger partial charge in [0.25, 0.3) is 0 Å². The Morgan fingerprint density at radius 3 is 2.37 bits per heavy atom. The van der Waals surface area contributed by atoms with Crippen molar-refractivity contribution in [3.8, 4) is 5.75 Å². The van der Waals surface area contributed by atoms with E-state index in [-0.39, 0.29) is 11.3 Å². The predicted octanol–water partition coefficient (Wildman–Crippen LogP) is 3.32. The lowest BCUT2D eigenvalue weighted by atomic mass is 10.0. The van der Waals surface area contributed by atoms with Gasteiger partial charge in [-0.1, -0.05) is 0 Å². The van der Waals surface area contributed by atoms with Gasteiger partial charge in [-0.25, -0.2) is 4.39 Å². The van der Waals surface area contributed by atoms with E-state index in [1.807, 2.05) is 20.8 Å². The lowest BCUT2D eigenvalue weighted by Crippen LogP contribution is -2.06. The minimum Gasteiger partial charge on any atom is -0.497 e. The molecular formula is C15H16FNO2. The van der Waals surface area contributed by atoms with E-state index >= 15 is 0 Å². The highest BCUT2D eigenvalue weighted by Gasteiger charge is 2.20. The van der Waals surface area contributed by atoms with Crippen LogP contribution in [0.15, 0.2) is 18.2 Å². The Hall–Kier alpha value is -2.10. The van der Waals surface area contributed by atoms with Crippen LogP contribution in [0.5, 0.6) is 5.75 Å². The third-order valence-corrected chi connectivity index (χ3v) is 3.46. The number of aromatic amines is 1. The minimum absolute atomic E-state index is 0.0464. The normalized spacial score (nSPS) is 10.6. The second-order valence-electron chi connectivity index (χ2n) is 4.55. The van der Waals surface area contributed by atoms with E-state index in [9.17, 15) is 9.18 Å². The number of hydrogen-bond acceptors (Lipinski definition) is 2. The first-order valence-electron chi connectivity index (χ1n) is 5.99. The molecular weight excluding hydrogens is 245 g/mol. The third-order valence-electron chi connectivity index (χ3n) is 3.46. The molecule has 0 fully saturated rings. The monoisotopic (exact) mass is 261 g/mol. The number of aromatic nitrogens is 1. The summed E-state index contributed by atoms with van der Waals surface area (Å²) in [6.07, 6.45) is 0. The summed E-state index contributed by atoms with van der Waals surface area (Å²) in [6, 6.07) is 4.24. The summed E-state index contributed by atoms with van der Waals surface area (Å²) in [4.78, 5) is 15.4. The zero-order valence-electron chi connectivity index (χ0n) is 11.4. The summed E-state index contributed by atoms with van der Waals surface area (Å²) < 4.78 is 18.8. The summed E-state index contributed by atoms with van der Waals surface area (Å²) in [5, 5.41) is 0. The lowest BCUT2D eigenvalue weighted by molar-refractivity contribution is 0.103. The van der Waals surface area contributed by atoms with Gasteiger partial charge in [0.15, 0.2) is 0 Å². The maximum atomic E-state index is 13.9. The van der Waals surface area contributed by atoms with E-state index in [1.54, 1.807) is 6.07 Å². The van der Waals surface area contributed by atoms with Crippen LogP contribution in [0.1, 0.15) is 32.9 Å². The Labute approximate surface area is 111 Å². The van der Waals surface area contributed by atoms with Crippen LogP contribution in [0.3, 0.4) is 0 Å². The van der Waals surface area contributed by atoms with Gasteiger partial charge in [-0.3, -0.25) is 4.79 Å². The van der Waals surface area contributed by atoms with Gasteiger partial charge >= 0.3 is 0 Å². The standard InChI is InChI=1S/C15H16FNO2/c1-8-9(2)14(17-10(8)3)15(18)12-6-5-11(19-4)7-13(12)16/h5-7,17H,1-4H3. The average molecular weight is 261 g/mol. The zero-order valence-corrected chi connectivity index (χ0v) is 11.4. The number of rotatable bonds is 3. The Morgan fingerprint density at radius 1 is 1.21 bits per heavy atom. The van der Waals surface area contributed by atoms with Gasteiger partial charge in [-0.2, -0.15) is 0 Å². The summed E-state index contributed by atoms with van der Waals surface area (Å²) in [5.41, 5.74) is 3.30. The van der Waals surface area contributed by atoms with Gasteiger partial charge in [0.2, 0.25) is 5.78 Å². The molecule has 0 spiro atoms. The largest absolute Gasteiger partial charge is 0.497 e. The van der Waals surface area contributed by atoms with Crippen molar-refractivity contribution >= 4 is 5.78 Å². The molecule has 0 saturated heterocycles. The molecule has 4 heteroatoms. The first kappa shape index (κ1) is 13.3. The zero-order chi connectivity index (χ0) is 14.2. The molecule has 0 atom stereocenters. The smallest absolute Gasteiger partial charge is 0.212 e. The SMILES string of the molecule is COc1ccc(C(=O)c2[nH]c(C)c(C)c2C)c(F)c1. The number of hydrogen-bond donors (Lipinski definition) is 1. The molecule has 3 nitrogen and oxygen atoms in total. The number of halogens is 1. The predicted molar refractivity (Wildman–Crippen MR) is 71.4 cm³/mol. The molecule has 0 saturated carbocycles. The average Bonchev–Trinajstić information content (AvgIpc) is 2.65. The van der Waals surface area contributed by atoms with Crippen molar-refractivity contribution in [2.75, 3.05) is 7.11 Å². The number of carbonyl (C=O) groups is 1. The van der Waals surface area contributed by atoms with Crippen molar-refractivity contribution < 1.29 is 13.9 Å². The summed E-state index contributed by atoms with van der Waals surface area (Å²) in [5.74, 6) is -0.521. The highest BCUT2D eigenvalue weighted by Crippen LogP contribution is 2.23. The molecule has 0 radical (unpaired) electrons. The molecule has 0 bridgehead atoms. The van der Waals surface area contributed by atoms with Crippen molar-refractivity contribution in [3.05, 3.63) is 52.1 Å². The molecule has 100 valence electrons. The molecule has 2 rings (SSSR count). The second kappa shape index (κ2) is 4.88. The number of aryl methyl sites for hydroxylation is 1. The van der Waals surface area contributed by atoms with Crippen LogP contribution in [-0.2, 0) is 0 Å². The van der Waals surface area contributed by atoms with Gasteiger partial charge in [0.1, 0.15) is 11.6 Å². The quantitative estimate of drug-likeness (QED) is 0.861. The molecule has 1 heterocycles. The first-order chi connectivity index (χ1) is 8.95. The second-order valence-corrected chi connectivity index (χ2v) is 4.55. The Bertz CT molecular complexity index is 644. The number of H-pyrrole nitrogens is 1. The number of benzene rings is 1. The van der Waals surface area contributed by atoms with Crippen LogP contribution in [-0.4, -0.2) is 17.9 Å². The highest BCUT2D eigenvalue weighted by molar-refractivity contribution is 6.09. The van der Waals surface area contributed by atoms with Gasteiger partial charge in [-0.05, 0) is 44.0 Å². The first-order valence-corrected chi connectivity index (χ1v) is 5.99. The molecule has 19 heavy (non-hydrogen) atoms. The summed E-state index contributed by atoms with van der Waals surface area (Å²) in [7, 11) is 1.46. The Kier molecular flexibility index (Phi) is 3.42. The van der Waals surface area contributed by atoms with E-state index in [2.05, 4.69) is 4.98 Å². The van der Waals surface area contributed by atoms with Crippen molar-refractivity contribution in [2.45, 2.75) is 20.8 Å². The number of methoxy groups -OCH3 is 1. The molecule has 1 aromatic carbocycles. The van der Waals surface area contributed by atoms with Crippen LogP contribution in [0.4, 0.5) is 4.39 Å². The van der Waals surface area contributed by atoms with E-state index in [4.69, 9.17) is 4.74 Å². The summed E-state index contributed by atoms with van der Waals surface area (Å²) >= 11 is 0. The van der Waals surface area contributed by atoms with Crippen LogP contribution in [0.25, 0.3) is 0 Å². The highest BCUT2D eigenvalue weighted by atomic mass is 19.1. The number of nitrogens with one attached hydrogen (secondary N) is 1. The van der Waals surface area contributed by atoms with E-state index < -0.39 is 5.82 Å². The van der Waals surface area contributed by atoms with Crippen LogP contribution in [0.2, 0.25) is 0 Å². The molecule has 0 aliphatic heterocycles. The Morgan fingerprint density at radius 2 is 1.89 bits per heavy atom. The molecule has 0 aliphatic rings. The number of ether oxygens (including phenoxy) is 1. The molecule has 0 amide bonds. The Balaban J connectivity index is 2.47. The van der Waals surface area contributed by atoms with Crippen LogP contribution < -0.4 is 4.74 Å². The van der Waals surface area contributed by atoms with Gasteiger partial charge in [0.05, 0.1) is 18.4 Å². The van der Waals surface area contributed by atoms with E-state index in [1.165, 1.54) is 19.2 Å². The van der Waals surface area contributed by atoms with Gasteiger partial charge in [0, 0.05) is 11.8 Å². The third kappa shape index (κ3) is 2.26. The molecule has 1 N–H and O–H groups in total.